The van der Waals surface area contributed by atoms with E-state index in [0.717, 1.165) is 113 Å². The van der Waals surface area contributed by atoms with Crippen LogP contribution < -0.4 is 68.5 Å². The number of hydrazone groups is 1. The molecule has 0 aromatic heterocycles. The van der Waals surface area contributed by atoms with Crippen molar-refractivity contribution in [2.75, 3.05) is 91.1 Å². The molecule has 0 aliphatic carbocycles. The number of rotatable bonds is 25. The van der Waals surface area contributed by atoms with Gasteiger partial charge in [0.2, 0.25) is 5.91 Å². The summed E-state index contributed by atoms with van der Waals surface area (Å²) in [6.07, 6.45) is 21.0. The number of benzene rings is 6. The van der Waals surface area contributed by atoms with Gasteiger partial charge in [0.25, 0.3) is 12.4 Å². The molecule has 0 spiro atoms. The number of aldehydes is 1. The van der Waals surface area contributed by atoms with Gasteiger partial charge in [-0.3, -0.25) is 60.6 Å². The van der Waals surface area contributed by atoms with Crippen LogP contribution in [0, 0.1) is 23.7 Å². The summed E-state index contributed by atoms with van der Waals surface area (Å²) >= 11 is 5.06. The molecule has 4 fully saturated rings. The molecule has 6 aromatic rings. The SMILES string of the molecule is C=CCc1cccc(/C=N/NC(=O)CN2CCC(Cc3ccccc3)CC2)c1O.C=CCc1cccc(C=O)c1O.CCOC(=O)CCl.CCOC(=O)CN1CCC(Cc2ccccc2)CC1.NN.NNC(=O)CN1CCC(Cc2ccccc2)CC1.O=CO[O-].[Na+].c1ccc(CC2CCNCC2)cc1. The van der Waals surface area contributed by atoms with Gasteiger partial charge in [0.1, 0.15) is 17.4 Å². The van der Waals surface area contributed by atoms with E-state index in [1.54, 1.807) is 43.3 Å². The normalized spacial score (nSPS) is 14.6. The Bertz CT molecular complexity index is 3340. The summed E-state index contributed by atoms with van der Waals surface area (Å²) in [5, 5.41) is 35.5. The van der Waals surface area contributed by atoms with Crippen LogP contribution in [0.3, 0.4) is 0 Å². The van der Waals surface area contributed by atoms with Crippen molar-refractivity contribution in [1.29, 1.82) is 0 Å². The van der Waals surface area contributed by atoms with E-state index in [1.165, 1.54) is 73.7 Å². The van der Waals surface area contributed by atoms with Gasteiger partial charge in [-0.1, -0.05) is 158 Å². The molecule has 22 nitrogen and oxygen atoms in total. The topological polar surface area (TPSA) is 330 Å². The molecule has 10 rings (SSSR count). The van der Waals surface area contributed by atoms with E-state index < -0.39 is 0 Å². The Labute approximate surface area is 649 Å². The maximum absolute atomic E-state index is 12.2. The number of para-hydroxylation sites is 2. The maximum atomic E-state index is 12.2. The van der Waals surface area contributed by atoms with Crippen molar-refractivity contribution in [3.63, 3.8) is 0 Å². The zero-order chi connectivity index (χ0) is 75.8. The average molecular weight is 1480 g/mol. The van der Waals surface area contributed by atoms with Crippen LogP contribution in [0.15, 0.2) is 188 Å². The summed E-state index contributed by atoms with van der Waals surface area (Å²) in [6.45, 7) is 21.0. The number of allylic oxidation sites excluding steroid dienone is 2. The van der Waals surface area contributed by atoms with Crippen molar-refractivity contribution in [3.05, 3.63) is 228 Å². The predicted molar refractivity (Wildman–Crippen MR) is 411 cm³/mol. The number of alkyl halides is 1. The molecule has 4 heterocycles. The summed E-state index contributed by atoms with van der Waals surface area (Å²) in [5.41, 5.74) is 12.9. The van der Waals surface area contributed by atoms with Crippen LogP contribution in [-0.2, 0) is 76.9 Å². The van der Waals surface area contributed by atoms with Gasteiger partial charge in [0.05, 0.1) is 44.6 Å². The number of aromatic hydroxyl groups is 2. The number of hydrogen-bond donors (Lipinski definition) is 8. The molecule has 0 bridgehead atoms. The number of phenolic OH excluding ortho intramolecular Hbond substituents is 2. The molecular formula is C81H112ClN10NaO12. The number of esters is 2. The number of amides is 2. The number of phenols is 2. The molecule has 4 saturated heterocycles. The number of piperidine rings is 4. The molecule has 0 saturated carbocycles. The summed E-state index contributed by atoms with van der Waals surface area (Å²) in [5.74, 6) is 15.7. The standard InChI is InChI=1S/C24H29N3O2.C16H23NO2.C14H21N3O.C12H17N.C10H10O2.C4H7ClO2.CH2O3.H4N2.Na/c1-2-7-21-10-6-11-22(24(21)29)17-25-26-23(28)18-27-14-12-20(13-15-27)16-19-8-4-3-5-9-19;1-2-19-16(18)13-17-10-8-15(9-11-17)12-14-6-4-3-5-7-14;15-16-14(18)11-17-8-6-13(7-9-17)10-12-4-2-1-3-5-12;1-2-4-11(5-3-1)10-12-6-8-13-9-7-12;1-2-4-8-5-3-6-9(7-11)10(8)12;1-2-7-4(6)3-5;2-1-4-3;1-2;/h2-6,8-11,17,20,29H,1,7,12-16,18H2,(H,26,28);3-7,15H,2,8-13H2,1H3;1-5,13H,6-11,15H2,(H,16,18);1-5,12-13H,6-10H2;2-3,5-7,12H,1,4H2;2-3H2,1H3;1,3H;1-2H2;/q;;;;;;;;+1/p-1/b25-17+;;;;;;;;. The molecule has 4 aliphatic heterocycles. The van der Waals surface area contributed by atoms with Crippen molar-refractivity contribution in [2.24, 2.45) is 46.3 Å². The van der Waals surface area contributed by atoms with Crippen molar-refractivity contribution in [1.82, 2.24) is 30.9 Å². The molecule has 6 aromatic carbocycles. The molecule has 24 heteroatoms. The number of likely N-dealkylation sites (tertiary alicyclic amines) is 3. The Morgan fingerprint density at radius 2 is 0.886 bits per heavy atom. The maximum Gasteiger partial charge on any atom is 1.00 e. The van der Waals surface area contributed by atoms with E-state index in [4.69, 9.17) is 32.2 Å². The van der Waals surface area contributed by atoms with E-state index >= 15 is 0 Å². The average Bonchev–Trinajstić information content (AvgIpc) is 0.903. The molecule has 0 unspecified atom stereocenters. The van der Waals surface area contributed by atoms with Crippen LogP contribution in [0.25, 0.3) is 0 Å². The molecule has 11 N–H and O–H groups in total. The predicted octanol–water partition coefficient (Wildman–Crippen LogP) is 6.17. The number of hydrazine groups is 2. The van der Waals surface area contributed by atoms with Crippen LogP contribution in [0.4, 0.5) is 0 Å². The molecule has 566 valence electrons. The number of ether oxygens (including phenoxy) is 2. The van der Waals surface area contributed by atoms with Crippen molar-refractivity contribution in [2.45, 2.75) is 104 Å². The molecule has 0 radical (unpaired) electrons. The summed E-state index contributed by atoms with van der Waals surface area (Å²) < 4.78 is 9.41. The van der Waals surface area contributed by atoms with Gasteiger partial charge in [0.15, 0.2) is 6.29 Å². The van der Waals surface area contributed by atoms with Gasteiger partial charge in [-0.25, -0.2) is 11.3 Å². The first-order chi connectivity index (χ1) is 50.7. The molecular weight excluding hydrogens is 1360 g/mol. The fraction of sp³-hybridized carbons (Fsp3) is 0.420. The van der Waals surface area contributed by atoms with Gasteiger partial charge >= 0.3 is 41.5 Å². The Kier molecular flexibility index (Phi) is 52.5. The second kappa shape index (κ2) is 59.2. The van der Waals surface area contributed by atoms with Gasteiger partial charge in [-0.2, -0.15) is 5.10 Å². The third-order valence-corrected chi connectivity index (χ3v) is 17.8. The van der Waals surface area contributed by atoms with E-state index in [0.29, 0.717) is 69.0 Å². The number of nitrogens with one attached hydrogen (secondary N) is 3. The first-order valence-corrected chi connectivity index (χ1v) is 36.3. The van der Waals surface area contributed by atoms with Crippen LogP contribution in [0.5, 0.6) is 11.5 Å². The van der Waals surface area contributed by atoms with E-state index in [-0.39, 0.29) is 77.2 Å². The zero-order valence-electron chi connectivity index (χ0n) is 61.8. The van der Waals surface area contributed by atoms with Crippen LogP contribution in [0.2, 0.25) is 0 Å². The Morgan fingerprint density at radius 3 is 1.22 bits per heavy atom. The summed E-state index contributed by atoms with van der Waals surface area (Å²) in [4.78, 5) is 73.0. The van der Waals surface area contributed by atoms with Crippen LogP contribution in [-0.4, -0.2) is 159 Å². The van der Waals surface area contributed by atoms with Crippen molar-refractivity contribution in [3.8, 4) is 11.5 Å². The second-order valence-corrected chi connectivity index (χ2v) is 25.5. The molecule has 105 heavy (non-hydrogen) atoms. The van der Waals surface area contributed by atoms with Gasteiger partial charge in [0, 0.05) is 5.56 Å². The number of halogens is 1. The molecule has 0 atom stereocenters. The van der Waals surface area contributed by atoms with E-state index in [9.17, 15) is 34.2 Å². The third kappa shape index (κ3) is 41.5. The first kappa shape index (κ1) is 93.1. The van der Waals surface area contributed by atoms with Crippen molar-refractivity contribution < 1.29 is 88.2 Å². The quantitative estimate of drug-likeness (QED) is 0.00303. The van der Waals surface area contributed by atoms with Crippen LogP contribution in [0.1, 0.15) is 115 Å². The van der Waals surface area contributed by atoms with Crippen molar-refractivity contribution >= 4 is 54.3 Å². The van der Waals surface area contributed by atoms with Gasteiger partial charge in [-0.15, -0.1) is 24.8 Å². The Morgan fingerprint density at radius 1 is 0.543 bits per heavy atom. The first-order valence-electron chi connectivity index (χ1n) is 35.7. The molecule has 4 aliphatic rings. The Balaban J connectivity index is 0.000000438. The Hall–Kier alpha value is -7.94. The fourth-order valence-corrected chi connectivity index (χ4v) is 12.3. The zero-order valence-corrected chi connectivity index (χ0v) is 64.6. The number of hydrogen-bond acceptors (Lipinski definition) is 20. The third-order valence-electron chi connectivity index (χ3n) is 17.6. The number of nitrogens with zero attached hydrogens (tertiary/aromatic N) is 4. The number of carbonyl (C=O) groups is 6. The smallest absolute Gasteiger partial charge is 0.662 e. The monoisotopic (exact) mass is 1470 g/mol. The van der Waals surface area contributed by atoms with Crippen LogP contribution >= 0.6 is 11.6 Å². The summed E-state index contributed by atoms with van der Waals surface area (Å²) in [6, 6.07) is 53.2. The summed E-state index contributed by atoms with van der Waals surface area (Å²) in [7, 11) is 0. The minimum atomic E-state index is -0.357. The van der Waals surface area contributed by atoms with Gasteiger partial charge in [-0.05, 0) is 225 Å². The number of carbonyl (C=O) groups excluding carboxylic acids is 6. The van der Waals surface area contributed by atoms with Gasteiger partial charge < -0.3 is 35.1 Å². The largest absolute Gasteiger partial charge is 1.00 e. The van der Waals surface area contributed by atoms with E-state index in [1.807, 2.05) is 25.1 Å². The van der Waals surface area contributed by atoms with E-state index in [2.05, 4.69) is 186 Å². The number of nitrogens with two attached hydrogens (primary N) is 3. The minimum Gasteiger partial charge on any atom is -0.662 e. The fourth-order valence-electron chi connectivity index (χ4n) is 12.2. The minimum absolute atomic E-state index is 0. The second-order valence-electron chi connectivity index (χ2n) is 25.2. The molecule has 2 amide bonds.